The molecule has 0 bridgehead atoms. The molecule has 6 nitrogen and oxygen atoms in total. The second-order valence-electron chi connectivity index (χ2n) is 6.56. The molecule has 6 heteroatoms. The van der Waals surface area contributed by atoms with Crippen LogP contribution in [0.4, 0.5) is 5.69 Å². The number of anilines is 1. The molecule has 4 rings (SSSR count). The van der Waals surface area contributed by atoms with Gasteiger partial charge in [-0.1, -0.05) is 0 Å². The van der Waals surface area contributed by atoms with Gasteiger partial charge in [0.15, 0.2) is 0 Å². The van der Waals surface area contributed by atoms with E-state index in [4.69, 9.17) is 19.2 Å². The smallest absolute Gasteiger partial charge is 0.212 e. The largest absolute Gasteiger partial charge is 0.494 e. The maximum atomic E-state index is 5.69. The van der Waals surface area contributed by atoms with Gasteiger partial charge in [0.05, 0.1) is 33.1 Å². The molecule has 1 aliphatic heterocycles. The van der Waals surface area contributed by atoms with Crippen molar-refractivity contribution in [3.05, 3.63) is 42.1 Å². The fourth-order valence-electron chi connectivity index (χ4n) is 3.40. The number of hydrogen-bond acceptors (Lipinski definition) is 6. The average Bonchev–Trinajstić information content (AvgIpc) is 2.73. The molecule has 0 saturated carbocycles. The van der Waals surface area contributed by atoms with E-state index in [0.29, 0.717) is 5.88 Å². The van der Waals surface area contributed by atoms with Gasteiger partial charge in [0, 0.05) is 48.1 Å². The Morgan fingerprint density at radius 3 is 2.52 bits per heavy atom. The molecular formula is C21H23N3O3. The van der Waals surface area contributed by atoms with Gasteiger partial charge in [-0.3, -0.25) is 0 Å². The standard InChI is InChI=1S/C21H23N3O3/c1-14-10-18(15-4-5-20(26-3)22-13-15)23-21-17(14)11-16(12-19(21)25-2)24-6-8-27-9-7-24/h4-5,10-13H,6-9H2,1-3H3. The lowest BCUT2D eigenvalue weighted by atomic mass is 10.0. The SMILES string of the molecule is COc1ccc(-c2cc(C)c3cc(N4CCOCC4)cc(OC)c3n2)cn1. The molecule has 3 aromatic rings. The summed E-state index contributed by atoms with van der Waals surface area (Å²) in [6, 6.07) is 10.2. The number of ether oxygens (including phenoxy) is 3. The molecule has 0 radical (unpaired) electrons. The lowest BCUT2D eigenvalue weighted by Gasteiger charge is -2.29. The van der Waals surface area contributed by atoms with E-state index in [9.17, 15) is 0 Å². The Labute approximate surface area is 158 Å². The molecular weight excluding hydrogens is 342 g/mol. The molecule has 27 heavy (non-hydrogen) atoms. The van der Waals surface area contributed by atoms with Gasteiger partial charge in [-0.15, -0.1) is 0 Å². The summed E-state index contributed by atoms with van der Waals surface area (Å²) < 4.78 is 16.3. The first-order valence-corrected chi connectivity index (χ1v) is 9.02. The summed E-state index contributed by atoms with van der Waals surface area (Å²) in [4.78, 5) is 11.5. The minimum absolute atomic E-state index is 0.587. The first-order chi connectivity index (χ1) is 13.2. The van der Waals surface area contributed by atoms with Gasteiger partial charge in [-0.2, -0.15) is 0 Å². The predicted octanol–water partition coefficient (Wildman–Crippen LogP) is 3.46. The molecule has 1 aliphatic rings. The van der Waals surface area contributed by atoms with Crippen molar-refractivity contribution in [2.24, 2.45) is 0 Å². The topological polar surface area (TPSA) is 56.7 Å². The molecule has 1 fully saturated rings. The Morgan fingerprint density at radius 1 is 1.04 bits per heavy atom. The molecule has 0 amide bonds. The highest BCUT2D eigenvalue weighted by atomic mass is 16.5. The van der Waals surface area contributed by atoms with E-state index >= 15 is 0 Å². The number of pyridine rings is 2. The van der Waals surface area contributed by atoms with Crippen LogP contribution in [0.3, 0.4) is 0 Å². The van der Waals surface area contributed by atoms with E-state index in [2.05, 4.69) is 35.0 Å². The molecule has 0 N–H and O–H groups in total. The van der Waals surface area contributed by atoms with Gasteiger partial charge in [0.1, 0.15) is 11.3 Å². The van der Waals surface area contributed by atoms with Crippen molar-refractivity contribution < 1.29 is 14.2 Å². The number of aromatic nitrogens is 2. The number of morpholine rings is 1. The van der Waals surface area contributed by atoms with Crippen LogP contribution in [-0.2, 0) is 4.74 Å². The summed E-state index contributed by atoms with van der Waals surface area (Å²) in [6.45, 7) is 5.38. The number of methoxy groups -OCH3 is 2. The zero-order valence-corrected chi connectivity index (χ0v) is 15.9. The quantitative estimate of drug-likeness (QED) is 0.706. The monoisotopic (exact) mass is 365 g/mol. The van der Waals surface area contributed by atoms with E-state index in [1.54, 1.807) is 20.4 Å². The Hall–Kier alpha value is -2.86. The van der Waals surface area contributed by atoms with Crippen molar-refractivity contribution in [1.29, 1.82) is 0 Å². The second-order valence-corrected chi connectivity index (χ2v) is 6.56. The molecule has 140 valence electrons. The third-order valence-electron chi connectivity index (χ3n) is 4.91. The highest BCUT2D eigenvalue weighted by Crippen LogP contribution is 2.34. The van der Waals surface area contributed by atoms with E-state index < -0.39 is 0 Å². The van der Waals surface area contributed by atoms with E-state index in [-0.39, 0.29) is 0 Å². The predicted molar refractivity (Wildman–Crippen MR) is 106 cm³/mol. The molecule has 0 spiro atoms. The molecule has 0 atom stereocenters. The second kappa shape index (κ2) is 7.40. The molecule has 0 aliphatic carbocycles. The maximum Gasteiger partial charge on any atom is 0.212 e. The summed E-state index contributed by atoms with van der Waals surface area (Å²) in [5.74, 6) is 1.37. The van der Waals surface area contributed by atoms with Gasteiger partial charge < -0.3 is 19.1 Å². The van der Waals surface area contributed by atoms with Gasteiger partial charge >= 0.3 is 0 Å². The fraction of sp³-hybridized carbons (Fsp3) is 0.333. The molecule has 1 saturated heterocycles. The number of hydrogen-bond donors (Lipinski definition) is 0. The number of rotatable bonds is 4. The Balaban J connectivity index is 1.81. The molecule has 2 aromatic heterocycles. The summed E-state index contributed by atoms with van der Waals surface area (Å²) in [5, 5.41) is 1.10. The van der Waals surface area contributed by atoms with Crippen LogP contribution in [0.1, 0.15) is 5.56 Å². The normalized spacial score (nSPS) is 14.4. The Bertz CT molecular complexity index is 951. The van der Waals surface area contributed by atoms with Crippen LogP contribution in [0.5, 0.6) is 11.6 Å². The number of benzene rings is 1. The minimum atomic E-state index is 0.587. The van der Waals surface area contributed by atoms with Crippen LogP contribution in [0.2, 0.25) is 0 Å². The zero-order valence-electron chi connectivity index (χ0n) is 15.9. The lowest BCUT2D eigenvalue weighted by Crippen LogP contribution is -2.36. The van der Waals surface area contributed by atoms with Gasteiger partial charge in [0.2, 0.25) is 5.88 Å². The summed E-state index contributed by atoms with van der Waals surface area (Å²) >= 11 is 0. The van der Waals surface area contributed by atoms with E-state index in [1.165, 1.54) is 0 Å². The molecule has 1 aromatic carbocycles. The summed E-state index contributed by atoms with van der Waals surface area (Å²) in [6.07, 6.45) is 1.78. The zero-order chi connectivity index (χ0) is 18.8. The third kappa shape index (κ3) is 3.40. The van der Waals surface area contributed by atoms with Gasteiger partial charge in [-0.05, 0) is 30.7 Å². The lowest BCUT2D eigenvalue weighted by molar-refractivity contribution is 0.122. The Kier molecular flexibility index (Phi) is 4.81. The van der Waals surface area contributed by atoms with Crippen LogP contribution < -0.4 is 14.4 Å². The summed E-state index contributed by atoms with van der Waals surface area (Å²) in [5.41, 5.74) is 4.97. The van der Waals surface area contributed by atoms with E-state index in [0.717, 1.165) is 65.5 Å². The number of fused-ring (bicyclic) bond motifs is 1. The highest BCUT2D eigenvalue weighted by molar-refractivity contribution is 5.92. The fourth-order valence-corrected chi connectivity index (χ4v) is 3.40. The van der Waals surface area contributed by atoms with Crippen LogP contribution in [-0.4, -0.2) is 50.5 Å². The van der Waals surface area contributed by atoms with Crippen molar-refractivity contribution in [1.82, 2.24) is 9.97 Å². The van der Waals surface area contributed by atoms with Crippen molar-refractivity contribution in [3.8, 4) is 22.9 Å². The van der Waals surface area contributed by atoms with Crippen LogP contribution in [0.15, 0.2) is 36.5 Å². The van der Waals surface area contributed by atoms with Crippen molar-refractivity contribution in [2.75, 3.05) is 45.4 Å². The maximum absolute atomic E-state index is 5.69. The Morgan fingerprint density at radius 2 is 1.85 bits per heavy atom. The number of nitrogens with zero attached hydrogens (tertiary/aromatic N) is 3. The van der Waals surface area contributed by atoms with E-state index in [1.807, 2.05) is 12.1 Å². The van der Waals surface area contributed by atoms with Crippen LogP contribution in [0, 0.1) is 6.92 Å². The third-order valence-corrected chi connectivity index (χ3v) is 4.91. The van der Waals surface area contributed by atoms with Crippen molar-refractivity contribution in [3.63, 3.8) is 0 Å². The van der Waals surface area contributed by atoms with Crippen LogP contribution >= 0.6 is 0 Å². The molecule has 0 unspecified atom stereocenters. The number of aryl methyl sites for hydroxylation is 1. The summed E-state index contributed by atoms with van der Waals surface area (Å²) in [7, 11) is 3.30. The van der Waals surface area contributed by atoms with Gasteiger partial charge in [0.25, 0.3) is 0 Å². The average molecular weight is 365 g/mol. The first-order valence-electron chi connectivity index (χ1n) is 9.02. The van der Waals surface area contributed by atoms with Crippen LogP contribution in [0.25, 0.3) is 22.2 Å². The highest BCUT2D eigenvalue weighted by Gasteiger charge is 2.16. The molecule has 3 heterocycles. The van der Waals surface area contributed by atoms with Crippen molar-refractivity contribution in [2.45, 2.75) is 6.92 Å². The van der Waals surface area contributed by atoms with Gasteiger partial charge in [-0.25, -0.2) is 9.97 Å². The van der Waals surface area contributed by atoms with Crippen molar-refractivity contribution >= 4 is 16.6 Å². The first kappa shape index (κ1) is 17.5. The minimum Gasteiger partial charge on any atom is -0.494 e.